The minimum atomic E-state index is -1.84. The Morgan fingerprint density at radius 3 is 2.31 bits per heavy atom. The molecule has 1 aromatic rings. The summed E-state index contributed by atoms with van der Waals surface area (Å²) in [4.78, 5) is 10.3. The van der Waals surface area contributed by atoms with Crippen molar-refractivity contribution >= 4 is 11.7 Å². The zero-order chi connectivity index (χ0) is 10.2. The monoisotopic (exact) mass is 191 g/mol. The molecular weight excluding hydrogens is 187 g/mol. The maximum atomic E-state index is 12.7. The molecule has 0 radical (unpaired) electrons. The molecule has 0 saturated heterocycles. The third-order valence-corrected chi connectivity index (χ3v) is 1.41. The minimum absolute atomic E-state index is 0.419. The number of anilines is 1. The topological polar surface area (TPSA) is 63.3 Å². The van der Waals surface area contributed by atoms with Crippen molar-refractivity contribution in [2.24, 2.45) is 0 Å². The van der Waals surface area contributed by atoms with Crippen LogP contribution in [0.3, 0.4) is 0 Å². The summed E-state index contributed by atoms with van der Waals surface area (Å²) in [6, 6.07) is 0.419. The molecule has 0 aliphatic carbocycles. The second kappa shape index (κ2) is 2.96. The van der Waals surface area contributed by atoms with E-state index < -0.39 is 34.7 Å². The van der Waals surface area contributed by atoms with Gasteiger partial charge in [0.05, 0.1) is 5.69 Å². The SMILES string of the molecule is Nc1cc(F)c(F)c(F)c1C(=O)O. The van der Waals surface area contributed by atoms with Crippen molar-refractivity contribution in [3.05, 3.63) is 29.1 Å². The quantitative estimate of drug-likeness (QED) is 0.520. The van der Waals surface area contributed by atoms with Gasteiger partial charge < -0.3 is 10.8 Å². The second-order valence-corrected chi connectivity index (χ2v) is 2.26. The smallest absolute Gasteiger partial charge is 0.340 e. The van der Waals surface area contributed by atoms with Gasteiger partial charge >= 0.3 is 5.97 Å². The molecule has 0 aliphatic heterocycles. The van der Waals surface area contributed by atoms with Gasteiger partial charge in [-0.3, -0.25) is 0 Å². The van der Waals surface area contributed by atoms with Crippen molar-refractivity contribution in [2.45, 2.75) is 0 Å². The molecule has 3 nitrogen and oxygen atoms in total. The summed E-state index contributed by atoms with van der Waals surface area (Å²) in [6.07, 6.45) is 0. The van der Waals surface area contributed by atoms with Crippen LogP contribution in [0.2, 0.25) is 0 Å². The van der Waals surface area contributed by atoms with Crippen LogP contribution in [-0.2, 0) is 0 Å². The van der Waals surface area contributed by atoms with Crippen molar-refractivity contribution in [2.75, 3.05) is 5.73 Å². The van der Waals surface area contributed by atoms with Gasteiger partial charge in [-0.15, -0.1) is 0 Å². The number of aromatic carboxylic acids is 1. The molecule has 0 aromatic heterocycles. The van der Waals surface area contributed by atoms with Gasteiger partial charge in [-0.05, 0) is 0 Å². The summed E-state index contributed by atoms with van der Waals surface area (Å²) in [5.41, 5.74) is 3.26. The molecule has 0 spiro atoms. The standard InChI is InChI=1S/C7H4F3NO2/c8-2-1-3(11)4(7(12)13)6(10)5(2)9/h1H,11H2,(H,12,13). The lowest BCUT2D eigenvalue weighted by Crippen LogP contribution is -2.09. The third kappa shape index (κ3) is 1.42. The average Bonchev–Trinajstić information content (AvgIpc) is 1.99. The molecule has 70 valence electrons. The highest BCUT2D eigenvalue weighted by Gasteiger charge is 2.21. The predicted octanol–water partition coefficient (Wildman–Crippen LogP) is 1.38. The Kier molecular flexibility index (Phi) is 2.14. The van der Waals surface area contributed by atoms with Crippen molar-refractivity contribution in [3.8, 4) is 0 Å². The predicted molar refractivity (Wildman–Crippen MR) is 37.7 cm³/mol. The first-order valence-corrected chi connectivity index (χ1v) is 3.11. The van der Waals surface area contributed by atoms with E-state index in [1.54, 1.807) is 0 Å². The number of nitrogen functional groups attached to an aromatic ring is 1. The van der Waals surface area contributed by atoms with Crippen LogP contribution < -0.4 is 5.73 Å². The van der Waals surface area contributed by atoms with E-state index in [1.165, 1.54) is 0 Å². The van der Waals surface area contributed by atoms with Crippen LogP contribution in [0.25, 0.3) is 0 Å². The molecule has 0 heterocycles. The lowest BCUT2D eigenvalue weighted by atomic mass is 10.1. The number of carbonyl (C=O) groups is 1. The van der Waals surface area contributed by atoms with Gasteiger partial charge in [0.1, 0.15) is 5.56 Å². The van der Waals surface area contributed by atoms with E-state index in [1.807, 2.05) is 0 Å². The van der Waals surface area contributed by atoms with Gasteiger partial charge in [0.25, 0.3) is 0 Å². The number of carboxylic acid groups (broad SMARTS) is 1. The van der Waals surface area contributed by atoms with E-state index in [0.717, 1.165) is 0 Å². The summed E-state index contributed by atoms with van der Waals surface area (Å²) < 4.78 is 37.6. The highest BCUT2D eigenvalue weighted by molar-refractivity contribution is 5.93. The summed E-state index contributed by atoms with van der Waals surface area (Å²) in [7, 11) is 0. The lowest BCUT2D eigenvalue weighted by Gasteiger charge is -2.03. The largest absolute Gasteiger partial charge is 0.478 e. The molecule has 6 heteroatoms. The van der Waals surface area contributed by atoms with E-state index in [-0.39, 0.29) is 0 Å². The minimum Gasteiger partial charge on any atom is -0.478 e. The molecule has 0 unspecified atom stereocenters. The summed E-state index contributed by atoms with van der Waals surface area (Å²) >= 11 is 0. The average molecular weight is 191 g/mol. The Labute approximate surface area is 70.6 Å². The Morgan fingerprint density at radius 2 is 1.85 bits per heavy atom. The first kappa shape index (κ1) is 9.37. The van der Waals surface area contributed by atoms with E-state index in [4.69, 9.17) is 10.8 Å². The van der Waals surface area contributed by atoms with Crippen molar-refractivity contribution in [1.82, 2.24) is 0 Å². The fraction of sp³-hybridized carbons (Fsp3) is 0. The van der Waals surface area contributed by atoms with Crippen LogP contribution in [0.1, 0.15) is 10.4 Å². The zero-order valence-corrected chi connectivity index (χ0v) is 6.14. The molecule has 1 rings (SSSR count). The summed E-state index contributed by atoms with van der Waals surface area (Å²) in [5, 5.41) is 8.35. The van der Waals surface area contributed by atoms with Crippen LogP contribution in [0, 0.1) is 17.5 Å². The maximum absolute atomic E-state index is 12.7. The number of hydrogen-bond acceptors (Lipinski definition) is 2. The van der Waals surface area contributed by atoms with Crippen LogP contribution in [-0.4, -0.2) is 11.1 Å². The first-order valence-electron chi connectivity index (χ1n) is 3.11. The Bertz CT molecular complexity index is 378. The molecular formula is C7H4F3NO2. The summed E-state index contributed by atoms with van der Waals surface area (Å²) in [6.45, 7) is 0. The Balaban J connectivity index is 3.53. The van der Waals surface area contributed by atoms with E-state index in [2.05, 4.69) is 0 Å². The molecule has 1 aromatic carbocycles. The fourth-order valence-electron chi connectivity index (χ4n) is 0.831. The molecule has 0 fully saturated rings. The second-order valence-electron chi connectivity index (χ2n) is 2.26. The van der Waals surface area contributed by atoms with Gasteiger partial charge in [-0.1, -0.05) is 0 Å². The summed E-state index contributed by atoms with van der Waals surface area (Å²) in [5.74, 6) is -6.88. The van der Waals surface area contributed by atoms with Crippen LogP contribution >= 0.6 is 0 Å². The molecule has 0 saturated carbocycles. The molecule has 0 amide bonds. The molecule has 0 aliphatic rings. The van der Waals surface area contributed by atoms with Crippen molar-refractivity contribution in [3.63, 3.8) is 0 Å². The molecule has 3 N–H and O–H groups in total. The van der Waals surface area contributed by atoms with Gasteiger partial charge in [0.15, 0.2) is 17.5 Å². The van der Waals surface area contributed by atoms with E-state index in [9.17, 15) is 18.0 Å². The lowest BCUT2D eigenvalue weighted by molar-refractivity contribution is 0.0691. The van der Waals surface area contributed by atoms with Gasteiger partial charge in [0, 0.05) is 6.07 Å². The van der Waals surface area contributed by atoms with Gasteiger partial charge in [-0.25, -0.2) is 18.0 Å². The first-order chi connectivity index (χ1) is 5.95. The fourth-order valence-corrected chi connectivity index (χ4v) is 0.831. The number of halogens is 3. The van der Waals surface area contributed by atoms with Crippen LogP contribution in [0.4, 0.5) is 18.9 Å². The van der Waals surface area contributed by atoms with E-state index in [0.29, 0.717) is 6.07 Å². The number of carboxylic acids is 1. The highest BCUT2D eigenvalue weighted by atomic mass is 19.2. The Hall–Kier alpha value is -1.72. The van der Waals surface area contributed by atoms with Crippen molar-refractivity contribution in [1.29, 1.82) is 0 Å². The number of benzene rings is 1. The van der Waals surface area contributed by atoms with Crippen LogP contribution in [0.5, 0.6) is 0 Å². The maximum Gasteiger partial charge on any atom is 0.340 e. The zero-order valence-electron chi connectivity index (χ0n) is 6.14. The number of hydrogen-bond donors (Lipinski definition) is 2. The normalized spacial score (nSPS) is 10.1. The Morgan fingerprint density at radius 1 is 1.31 bits per heavy atom. The highest BCUT2D eigenvalue weighted by Crippen LogP contribution is 2.21. The van der Waals surface area contributed by atoms with Gasteiger partial charge in [0.2, 0.25) is 0 Å². The third-order valence-electron chi connectivity index (χ3n) is 1.41. The molecule has 0 bridgehead atoms. The number of nitrogens with two attached hydrogens (primary N) is 1. The van der Waals surface area contributed by atoms with Crippen molar-refractivity contribution < 1.29 is 23.1 Å². The van der Waals surface area contributed by atoms with Gasteiger partial charge in [-0.2, -0.15) is 0 Å². The van der Waals surface area contributed by atoms with Crippen LogP contribution in [0.15, 0.2) is 6.07 Å². The molecule has 13 heavy (non-hydrogen) atoms. The number of rotatable bonds is 1. The van der Waals surface area contributed by atoms with E-state index >= 15 is 0 Å². The molecule has 0 atom stereocenters.